The molecule has 0 aromatic heterocycles. The van der Waals surface area contributed by atoms with Crippen molar-refractivity contribution in [2.24, 2.45) is 11.1 Å². The summed E-state index contributed by atoms with van der Waals surface area (Å²) in [6.07, 6.45) is 2.27. The summed E-state index contributed by atoms with van der Waals surface area (Å²) in [5.41, 5.74) is 5.63. The third kappa shape index (κ3) is 6.89. The molecule has 0 atom stereocenters. The Labute approximate surface area is 87.0 Å². The van der Waals surface area contributed by atoms with E-state index in [0.717, 1.165) is 12.8 Å². The van der Waals surface area contributed by atoms with E-state index in [1.165, 1.54) is 0 Å². The number of hydrogen-bond donors (Lipinski definition) is 1. The van der Waals surface area contributed by atoms with Crippen LogP contribution in [0.1, 0.15) is 47.0 Å². The van der Waals surface area contributed by atoms with E-state index in [4.69, 9.17) is 10.5 Å². The molecule has 0 aliphatic heterocycles. The molecular formula is C11H23NO2. The monoisotopic (exact) mass is 201 g/mol. The van der Waals surface area contributed by atoms with Gasteiger partial charge >= 0.3 is 5.97 Å². The van der Waals surface area contributed by atoms with Gasteiger partial charge in [0.2, 0.25) is 0 Å². The van der Waals surface area contributed by atoms with Gasteiger partial charge in [-0.1, -0.05) is 13.8 Å². The minimum atomic E-state index is -0.106. The summed E-state index contributed by atoms with van der Waals surface area (Å²) < 4.78 is 5.05. The standard InChI is InChI=1S/C11H23NO2/c1-9(2)14-10(13)5-6-11(3,4)7-8-12/h9H,5-8,12H2,1-4H3. The Bertz CT molecular complexity index is 176. The van der Waals surface area contributed by atoms with E-state index in [-0.39, 0.29) is 17.5 Å². The predicted octanol–water partition coefficient (Wildman–Crippen LogP) is 2.09. The number of carbonyl (C=O) groups is 1. The molecule has 3 heteroatoms. The molecule has 3 nitrogen and oxygen atoms in total. The van der Waals surface area contributed by atoms with Gasteiger partial charge in [-0.25, -0.2) is 0 Å². The van der Waals surface area contributed by atoms with Crippen LogP contribution in [0.2, 0.25) is 0 Å². The van der Waals surface area contributed by atoms with E-state index in [1.54, 1.807) is 0 Å². The Morgan fingerprint density at radius 2 is 1.93 bits per heavy atom. The lowest BCUT2D eigenvalue weighted by Gasteiger charge is -2.23. The first-order valence-electron chi connectivity index (χ1n) is 5.27. The molecule has 0 rings (SSSR count). The van der Waals surface area contributed by atoms with Crippen LogP contribution in [-0.2, 0) is 9.53 Å². The van der Waals surface area contributed by atoms with Gasteiger partial charge in [0.15, 0.2) is 0 Å². The number of ether oxygens (including phenoxy) is 1. The topological polar surface area (TPSA) is 52.3 Å². The zero-order valence-corrected chi connectivity index (χ0v) is 9.80. The first-order chi connectivity index (χ1) is 6.37. The first-order valence-corrected chi connectivity index (χ1v) is 5.27. The molecule has 0 aliphatic rings. The maximum absolute atomic E-state index is 11.3. The van der Waals surface area contributed by atoms with E-state index >= 15 is 0 Å². The summed E-state index contributed by atoms with van der Waals surface area (Å²) in [6.45, 7) is 8.66. The third-order valence-corrected chi connectivity index (χ3v) is 2.19. The van der Waals surface area contributed by atoms with Crippen molar-refractivity contribution >= 4 is 5.97 Å². The van der Waals surface area contributed by atoms with Crippen LogP contribution in [0.3, 0.4) is 0 Å². The van der Waals surface area contributed by atoms with E-state index in [2.05, 4.69) is 13.8 Å². The van der Waals surface area contributed by atoms with Crippen molar-refractivity contribution in [1.82, 2.24) is 0 Å². The van der Waals surface area contributed by atoms with Crippen molar-refractivity contribution in [2.45, 2.75) is 53.1 Å². The molecular weight excluding hydrogens is 178 g/mol. The van der Waals surface area contributed by atoms with Crippen LogP contribution in [0.15, 0.2) is 0 Å². The normalized spacial score (nSPS) is 11.9. The summed E-state index contributed by atoms with van der Waals surface area (Å²) in [6, 6.07) is 0. The van der Waals surface area contributed by atoms with Crippen LogP contribution in [0, 0.1) is 5.41 Å². The highest BCUT2D eigenvalue weighted by atomic mass is 16.5. The van der Waals surface area contributed by atoms with Gasteiger partial charge in [0.05, 0.1) is 6.10 Å². The van der Waals surface area contributed by atoms with E-state index in [1.807, 2.05) is 13.8 Å². The molecule has 14 heavy (non-hydrogen) atoms. The first kappa shape index (κ1) is 13.4. The molecule has 0 saturated carbocycles. The van der Waals surface area contributed by atoms with E-state index < -0.39 is 0 Å². The van der Waals surface area contributed by atoms with Crippen molar-refractivity contribution in [3.63, 3.8) is 0 Å². The fourth-order valence-electron chi connectivity index (χ4n) is 1.28. The average molecular weight is 201 g/mol. The highest BCUT2D eigenvalue weighted by molar-refractivity contribution is 5.69. The predicted molar refractivity (Wildman–Crippen MR) is 57.9 cm³/mol. The minimum absolute atomic E-state index is 0.0138. The molecule has 0 saturated heterocycles. The molecule has 0 aromatic rings. The molecule has 0 radical (unpaired) electrons. The Morgan fingerprint density at radius 3 is 2.36 bits per heavy atom. The lowest BCUT2D eigenvalue weighted by atomic mass is 9.84. The fraction of sp³-hybridized carbons (Fsp3) is 0.909. The lowest BCUT2D eigenvalue weighted by molar-refractivity contribution is -0.148. The largest absolute Gasteiger partial charge is 0.463 e. The average Bonchev–Trinajstić information content (AvgIpc) is 2.00. The molecule has 0 heterocycles. The van der Waals surface area contributed by atoms with Gasteiger partial charge in [0.25, 0.3) is 0 Å². The Kier molecular flexibility index (Phi) is 5.77. The maximum Gasteiger partial charge on any atom is 0.306 e. The molecule has 0 amide bonds. The van der Waals surface area contributed by atoms with Crippen LogP contribution in [-0.4, -0.2) is 18.6 Å². The quantitative estimate of drug-likeness (QED) is 0.669. The van der Waals surface area contributed by atoms with Gasteiger partial charge < -0.3 is 10.5 Å². The molecule has 0 aliphatic carbocycles. The Balaban J connectivity index is 3.75. The SMILES string of the molecule is CC(C)OC(=O)CCC(C)(C)CCN. The Morgan fingerprint density at radius 1 is 1.36 bits per heavy atom. The van der Waals surface area contributed by atoms with Crippen molar-refractivity contribution in [3.8, 4) is 0 Å². The smallest absolute Gasteiger partial charge is 0.306 e. The molecule has 0 spiro atoms. The summed E-state index contributed by atoms with van der Waals surface area (Å²) in [5, 5.41) is 0. The van der Waals surface area contributed by atoms with E-state index in [0.29, 0.717) is 13.0 Å². The van der Waals surface area contributed by atoms with Crippen molar-refractivity contribution < 1.29 is 9.53 Å². The van der Waals surface area contributed by atoms with Gasteiger partial charge in [0, 0.05) is 6.42 Å². The number of rotatable bonds is 6. The zero-order valence-electron chi connectivity index (χ0n) is 9.80. The van der Waals surface area contributed by atoms with Gasteiger partial charge in [-0.15, -0.1) is 0 Å². The number of carbonyl (C=O) groups excluding carboxylic acids is 1. The van der Waals surface area contributed by atoms with Gasteiger partial charge in [-0.05, 0) is 38.6 Å². The van der Waals surface area contributed by atoms with Gasteiger partial charge in [-0.2, -0.15) is 0 Å². The van der Waals surface area contributed by atoms with Gasteiger partial charge in [0.1, 0.15) is 0 Å². The van der Waals surface area contributed by atoms with Crippen molar-refractivity contribution in [1.29, 1.82) is 0 Å². The van der Waals surface area contributed by atoms with Crippen molar-refractivity contribution in [2.75, 3.05) is 6.54 Å². The molecule has 0 aromatic carbocycles. The highest BCUT2D eigenvalue weighted by Gasteiger charge is 2.18. The summed E-state index contributed by atoms with van der Waals surface area (Å²) >= 11 is 0. The van der Waals surface area contributed by atoms with Crippen LogP contribution >= 0.6 is 0 Å². The van der Waals surface area contributed by atoms with Crippen LogP contribution < -0.4 is 5.73 Å². The molecule has 2 N–H and O–H groups in total. The second kappa shape index (κ2) is 6.02. The molecule has 0 bridgehead atoms. The van der Waals surface area contributed by atoms with Crippen LogP contribution in [0.4, 0.5) is 0 Å². The number of esters is 1. The molecule has 0 unspecified atom stereocenters. The fourth-order valence-corrected chi connectivity index (χ4v) is 1.28. The maximum atomic E-state index is 11.3. The van der Waals surface area contributed by atoms with Gasteiger partial charge in [-0.3, -0.25) is 4.79 Å². The summed E-state index contributed by atoms with van der Waals surface area (Å²) in [4.78, 5) is 11.3. The van der Waals surface area contributed by atoms with Crippen LogP contribution in [0.5, 0.6) is 0 Å². The number of hydrogen-bond acceptors (Lipinski definition) is 3. The second-order valence-electron chi connectivity index (χ2n) is 4.74. The van der Waals surface area contributed by atoms with Crippen molar-refractivity contribution in [3.05, 3.63) is 0 Å². The second-order valence-corrected chi connectivity index (χ2v) is 4.74. The third-order valence-electron chi connectivity index (χ3n) is 2.19. The molecule has 0 fully saturated rings. The summed E-state index contributed by atoms with van der Waals surface area (Å²) in [7, 11) is 0. The summed E-state index contributed by atoms with van der Waals surface area (Å²) in [5.74, 6) is -0.106. The zero-order chi connectivity index (χ0) is 11.2. The number of nitrogens with two attached hydrogens (primary N) is 1. The molecule has 84 valence electrons. The Hall–Kier alpha value is -0.570. The van der Waals surface area contributed by atoms with E-state index in [9.17, 15) is 4.79 Å². The van der Waals surface area contributed by atoms with Crippen LogP contribution in [0.25, 0.3) is 0 Å². The lowest BCUT2D eigenvalue weighted by Crippen LogP contribution is -2.20. The highest BCUT2D eigenvalue weighted by Crippen LogP contribution is 2.26. The minimum Gasteiger partial charge on any atom is -0.463 e.